The summed E-state index contributed by atoms with van der Waals surface area (Å²) in [4.78, 5) is 0. The molecule has 0 unspecified atom stereocenters. The van der Waals surface area contributed by atoms with Crippen LogP contribution in [0.5, 0.6) is 0 Å². The molecule has 0 amide bonds. The van der Waals surface area contributed by atoms with Crippen molar-refractivity contribution in [3.8, 4) is 0 Å². The lowest BCUT2D eigenvalue weighted by Crippen LogP contribution is -1.79. The van der Waals surface area contributed by atoms with Crippen molar-refractivity contribution in [1.29, 1.82) is 0 Å². The zero-order chi connectivity index (χ0) is 8.69. The third kappa shape index (κ3) is 4.60. The van der Waals surface area contributed by atoms with Gasteiger partial charge in [-0.05, 0) is 20.3 Å². The fraction of sp³-hybridized carbons (Fsp3) is 0.455. The van der Waals surface area contributed by atoms with Gasteiger partial charge in [0.15, 0.2) is 0 Å². The first-order valence-corrected chi connectivity index (χ1v) is 4.17. The van der Waals surface area contributed by atoms with Crippen molar-refractivity contribution in [1.82, 2.24) is 0 Å². The van der Waals surface area contributed by atoms with Gasteiger partial charge in [-0.1, -0.05) is 49.3 Å². The Bertz CT molecular complexity index is 170. The Morgan fingerprint density at radius 2 is 2.00 bits per heavy atom. The minimum Gasteiger partial charge on any atom is -0.0991 e. The van der Waals surface area contributed by atoms with Crippen LogP contribution >= 0.6 is 0 Å². The van der Waals surface area contributed by atoms with E-state index in [0.717, 1.165) is 0 Å². The van der Waals surface area contributed by atoms with Crippen LogP contribution in [0.1, 0.15) is 33.6 Å². The Kier molecular flexibility index (Phi) is 5.54. The molecule has 0 spiro atoms. The number of hydrogen-bond donors (Lipinski definition) is 0. The second-order valence-electron chi connectivity index (χ2n) is 2.81. The molecule has 0 aromatic heterocycles. The smallest absolute Gasteiger partial charge is 0.0320 e. The maximum absolute atomic E-state index is 3.63. The standard InChI is InChI=1S/C11H18/c1-5-7-9-11(4)10(3)8-6-2/h5,7,9H,1,6,8H2,2-4H3/b9-7-,11-10+. The first kappa shape index (κ1) is 10.2. The van der Waals surface area contributed by atoms with Crippen molar-refractivity contribution in [3.05, 3.63) is 36.0 Å². The van der Waals surface area contributed by atoms with Crippen molar-refractivity contribution in [3.63, 3.8) is 0 Å². The van der Waals surface area contributed by atoms with Gasteiger partial charge in [-0.3, -0.25) is 0 Å². The highest BCUT2D eigenvalue weighted by Crippen LogP contribution is 2.10. The zero-order valence-corrected chi connectivity index (χ0v) is 7.85. The summed E-state index contributed by atoms with van der Waals surface area (Å²) in [7, 11) is 0. The lowest BCUT2D eigenvalue weighted by molar-refractivity contribution is 0.895. The first-order valence-electron chi connectivity index (χ1n) is 4.17. The fourth-order valence-electron chi connectivity index (χ4n) is 0.927. The van der Waals surface area contributed by atoms with Crippen LogP contribution in [0.3, 0.4) is 0 Å². The van der Waals surface area contributed by atoms with Crippen molar-refractivity contribution < 1.29 is 0 Å². The van der Waals surface area contributed by atoms with Gasteiger partial charge in [-0.25, -0.2) is 0 Å². The number of allylic oxidation sites excluding steroid dienone is 5. The van der Waals surface area contributed by atoms with Gasteiger partial charge in [0.1, 0.15) is 0 Å². The Hall–Kier alpha value is -0.780. The fourth-order valence-corrected chi connectivity index (χ4v) is 0.927. The predicted octanol–water partition coefficient (Wildman–Crippen LogP) is 3.87. The number of hydrogen-bond acceptors (Lipinski definition) is 0. The van der Waals surface area contributed by atoms with Gasteiger partial charge in [0, 0.05) is 0 Å². The minimum atomic E-state index is 1.20. The SMILES string of the molecule is C=C/C=C\C(C)=C(/C)CCC. The van der Waals surface area contributed by atoms with E-state index >= 15 is 0 Å². The van der Waals surface area contributed by atoms with E-state index in [1.54, 1.807) is 0 Å². The molecule has 0 aliphatic carbocycles. The third-order valence-electron chi connectivity index (χ3n) is 1.78. The second-order valence-corrected chi connectivity index (χ2v) is 2.81. The van der Waals surface area contributed by atoms with Crippen LogP contribution in [0.25, 0.3) is 0 Å². The van der Waals surface area contributed by atoms with E-state index in [0.29, 0.717) is 0 Å². The Balaban J connectivity index is 4.14. The maximum Gasteiger partial charge on any atom is -0.0320 e. The van der Waals surface area contributed by atoms with Gasteiger partial charge < -0.3 is 0 Å². The molecule has 0 saturated heterocycles. The normalized spacial score (nSPS) is 13.4. The summed E-state index contributed by atoms with van der Waals surface area (Å²) in [5.74, 6) is 0. The van der Waals surface area contributed by atoms with Crippen molar-refractivity contribution >= 4 is 0 Å². The van der Waals surface area contributed by atoms with E-state index in [4.69, 9.17) is 0 Å². The Morgan fingerprint density at radius 3 is 2.45 bits per heavy atom. The first-order chi connectivity index (χ1) is 5.22. The molecule has 11 heavy (non-hydrogen) atoms. The largest absolute Gasteiger partial charge is 0.0991 e. The topological polar surface area (TPSA) is 0 Å². The molecule has 0 aliphatic rings. The van der Waals surface area contributed by atoms with Gasteiger partial charge in [-0.2, -0.15) is 0 Å². The molecule has 0 aromatic rings. The second kappa shape index (κ2) is 5.96. The number of rotatable bonds is 4. The summed E-state index contributed by atoms with van der Waals surface area (Å²) in [6.45, 7) is 10.2. The summed E-state index contributed by atoms with van der Waals surface area (Å²) < 4.78 is 0. The molecule has 0 heterocycles. The van der Waals surface area contributed by atoms with Crippen molar-refractivity contribution in [2.75, 3.05) is 0 Å². The van der Waals surface area contributed by atoms with Crippen LogP contribution in [0.2, 0.25) is 0 Å². The van der Waals surface area contributed by atoms with E-state index in [-0.39, 0.29) is 0 Å². The van der Waals surface area contributed by atoms with Crippen LogP contribution in [0.15, 0.2) is 36.0 Å². The van der Waals surface area contributed by atoms with Crippen molar-refractivity contribution in [2.24, 2.45) is 0 Å². The van der Waals surface area contributed by atoms with E-state index < -0.39 is 0 Å². The summed E-state index contributed by atoms with van der Waals surface area (Å²) in [5, 5.41) is 0. The molecule has 0 heteroatoms. The molecule has 0 atom stereocenters. The van der Waals surface area contributed by atoms with E-state index in [1.807, 2.05) is 12.2 Å². The lowest BCUT2D eigenvalue weighted by Gasteiger charge is -2.00. The highest BCUT2D eigenvalue weighted by molar-refractivity contribution is 5.24. The summed E-state index contributed by atoms with van der Waals surface area (Å²) in [5.41, 5.74) is 2.84. The van der Waals surface area contributed by atoms with Crippen LogP contribution in [-0.2, 0) is 0 Å². The minimum absolute atomic E-state index is 1.20. The molecule has 0 rings (SSSR count). The highest BCUT2D eigenvalue weighted by atomic mass is 14.0. The van der Waals surface area contributed by atoms with Crippen LogP contribution in [0.4, 0.5) is 0 Å². The summed E-state index contributed by atoms with van der Waals surface area (Å²) >= 11 is 0. The van der Waals surface area contributed by atoms with Gasteiger partial charge >= 0.3 is 0 Å². The molecule has 0 nitrogen and oxygen atoms in total. The summed E-state index contributed by atoms with van der Waals surface area (Å²) in [6.07, 6.45) is 8.33. The maximum atomic E-state index is 3.63. The van der Waals surface area contributed by atoms with Crippen LogP contribution < -0.4 is 0 Å². The molecule has 0 bridgehead atoms. The van der Waals surface area contributed by atoms with Gasteiger partial charge in [0.25, 0.3) is 0 Å². The molecule has 0 saturated carbocycles. The molecule has 0 aliphatic heterocycles. The molecular weight excluding hydrogens is 132 g/mol. The predicted molar refractivity (Wildman–Crippen MR) is 52.6 cm³/mol. The van der Waals surface area contributed by atoms with E-state index in [9.17, 15) is 0 Å². The van der Waals surface area contributed by atoms with Crippen LogP contribution in [-0.4, -0.2) is 0 Å². The average molecular weight is 150 g/mol. The molecule has 0 N–H and O–H groups in total. The Morgan fingerprint density at radius 1 is 1.36 bits per heavy atom. The molecular formula is C11H18. The van der Waals surface area contributed by atoms with Gasteiger partial charge in [0.05, 0.1) is 0 Å². The van der Waals surface area contributed by atoms with E-state index in [1.165, 1.54) is 24.0 Å². The molecule has 0 fully saturated rings. The molecule has 62 valence electrons. The lowest BCUT2D eigenvalue weighted by atomic mass is 10.1. The quantitative estimate of drug-likeness (QED) is 0.534. The summed E-state index contributed by atoms with van der Waals surface area (Å²) in [6, 6.07) is 0. The third-order valence-corrected chi connectivity index (χ3v) is 1.78. The monoisotopic (exact) mass is 150 g/mol. The highest BCUT2D eigenvalue weighted by Gasteiger charge is 1.90. The Labute approximate surface area is 70.3 Å². The average Bonchev–Trinajstić information content (AvgIpc) is 2.00. The van der Waals surface area contributed by atoms with Gasteiger partial charge in [-0.15, -0.1) is 0 Å². The van der Waals surface area contributed by atoms with E-state index in [2.05, 4.69) is 33.4 Å². The zero-order valence-electron chi connectivity index (χ0n) is 7.85. The van der Waals surface area contributed by atoms with Crippen molar-refractivity contribution in [2.45, 2.75) is 33.6 Å². The molecule has 0 aromatic carbocycles. The molecule has 0 radical (unpaired) electrons. The van der Waals surface area contributed by atoms with Gasteiger partial charge in [0.2, 0.25) is 0 Å². The van der Waals surface area contributed by atoms with Crippen LogP contribution in [0, 0.1) is 0 Å².